The number of halogens is 1. The Morgan fingerprint density at radius 1 is 1.20 bits per heavy atom. The summed E-state index contributed by atoms with van der Waals surface area (Å²) in [6, 6.07) is 10.5. The van der Waals surface area contributed by atoms with E-state index in [4.69, 9.17) is 9.73 Å². The fourth-order valence-corrected chi connectivity index (χ4v) is 7.19. The minimum absolute atomic E-state index is 0.166. The van der Waals surface area contributed by atoms with E-state index in [2.05, 4.69) is 36.0 Å². The summed E-state index contributed by atoms with van der Waals surface area (Å²) < 4.78 is 21.0. The molecule has 0 spiro atoms. The van der Waals surface area contributed by atoms with Crippen LogP contribution in [0.4, 0.5) is 10.1 Å². The molecule has 4 atom stereocenters. The van der Waals surface area contributed by atoms with E-state index >= 15 is 0 Å². The van der Waals surface area contributed by atoms with E-state index < -0.39 is 5.60 Å². The number of ether oxygens (including phenoxy) is 1. The van der Waals surface area contributed by atoms with Crippen molar-refractivity contribution in [1.82, 2.24) is 14.5 Å². The van der Waals surface area contributed by atoms with Gasteiger partial charge in [0.05, 0.1) is 49.1 Å². The van der Waals surface area contributed by atoms with Crippen LogP contribution in [-0.2, 0) is 13.0 Å². The number of nitrogens with zero attached hydrogens (tertiary/aromatic N) is 4. The Kier molecular flexibility index (Phi) is 6.83. The monoisotopic (exact) mass is 561 g/mol. The maximum absolute atomic E-state index is 14.4. The lowest BCUT2D eigenvalue weighted by molar-refractivity contribution is -0.108. The number of aliphatic imine (C=N–C) groups is 1. The fourth-order valence-electron chi connectivity index (χ4n) is 7.19. The molecule has 2 bridgehead atoms. The summed E-state index contributed by atoms with van der Waals surface area (Å²) >= 11 is 0. The van der Waals surface area contributed by atoms with Crippen LogP contribution in [0.5, 0.6) is 5.75 Å². The van der Waals surface area contributed by atoms with Gasteiger partial charge in [-0.15, -0.1) is 0 Å². The third-order valence-corrected chi connectivity index (χ3v) is 9.93. The molecule has 7 rings (SSSR count). The average molecular weight is 562 g/mol. The molecular weight excluding hydrogens is 521 g/mol. The lowest BCUT2D eigenvalue weighted by Gasteiger charge is -2.61. The quantitative estimate of drug-likeness (QED) is 0.335. The van der Waals surface area contributed by atoms with Crippen molar-refractivity contribution < 1.29 is 14.2 Å². The first-order valence-corrected chi connectivity index (χ1v) is 14.6. The van der Waals surface area contributed by atoms with Gasteiger partial charge in [0, 0.05) is 18.3 Å². The smallest absolute Gasteiger partial charge is 0.261 e. The summed E-state index contributed by atoms with van der Waals surface area (Å²) in [5.74, 6) is 2.75. The standard InChI is InChI=1S/C32H40FN5O3/c1-19-25-12-21(31(25,2)3)13-27(19)36-30(38-16-32(4,40)17-38)35-22-7-9-24-28(14-22)34-18-37(29(24)39)11-10-20-6-8-23(41-5)15-26(20)33/h6-9,14-15,18-19,21,25,27,40H,10-13,16-17H2,1-5H3,(H,35,36)/t19-,21-,25+,27-/m0/s1. The molecule has 218 valence electrons. The number of methoxy groups -OCH3 is 1. The first-order chi connectivity index (χ1) is 19.4. The van der Waals surface area contributed by atoms with E-state index in [0.29, 0.717) is 71.4 Å². The first kappa shape index (κ1) is 27.7. The summed E-state index contributed by atoms with van der Waals surface area (Å²) in [5.41, 5.74) is 1.38. The third-order valence-electron chi connectivity index (χ3n) is 9.93. The SMILES string of the molecule is COc1ccc(CCn2cnc3cc(NC(=N[C@H]4C[C@@H]5C[C@H]([C@@H]4C)C5(C)C)N4CC(C)(O)C4)ccc3c2=O)c(F)c1. The highest BCUT2D eigenvalue weighted by Crippen LogP contribution is 2.61. The zero-order valence-electron chi connectivity index (χ0n) is 24.5. The summed E-state index contributed by atoms with van der Waals surface area (Å²) in [6.45, 7) is 10.3. The van der Waals surface area contributed by atoms with Crippen molar-refractivity contribution in [2.45, 2.75) is 65.1 Å². The second kappa shape index (κ2) is 10.1. The van der Waals surface area contributed by atoms with Gasteiger partial charge < -0.3 is 20.1 Å². The fraction of sp³-hybridized carbons (Fsp3) is 0.531. The van der Waals surface area contributed by atoms with Gasteiger partial charge in [-0.3, -0.25) is 9.36 Å². The third kappa shape index (κ3) is 5.09. The molecule has 1 saturated heterocycles. The molecule has 1 aromatic heterocycles. The molecule has 9 heteroatoms. The Hall–Kier alpha value is -3.46. The van der Waals surface area contributed by atoms with Gasteiger partial charge in [-0.05, 0) is 79.2 Å². The Labute approximate surface area is 240 Å². The predicted octanol–water partition coefficient (Wildman–Crippen LogP) is 4.69. The van der Waals surface area contributed by atoms with Gasteiger partial charge in [0.15, 0.2) is 5.96 Å². The van der Waals surface area contributed by atoms with Crippen LogP contribution in [0, 0.1) is 29.0 Å². The number of hydrogen-bond donors (Lipinski definition) is 2. The number of fused-ring (bicyclic) bond motifs is 3. The topological polar surface area (TPSA) is 92.0 Å². The maximum Gasteiger partial charge on any atom is 0.261 e. The van der Waals surface area contributed by atoms with Gasteiger partial charge in [0.1, 0.15) is 11.6 Å². The normalized spacial score (nSPS) is 26.3. The van der Waals surface area contributed by atoms with Gasteiger partial charge in [-0.2, -0.15) is 0 Å². The number of anilines is 1. The van der Waals surface area contributed by atoms with E-state index in [-0.39, 0.29) is 17.4 Å². The zero-order chi connectivity index (χ0) is 29.1. The van der Waals surface area contributed by atoms with Crippen LogP contribution in [0.25, 0.3) is 10.9 Å². The molecule has 0 amide bonds. The maximum atomic E-state index is 14.4. The van der Waals surface area contributed by atoms with Crippen LogP contribution in [-0.4, -0.2) is 57.4 Å². The molecule has 1 aliphatic heterocycles. The lowest BCUT2D eigenvalue weighted by Crippen LogP contribution is -2.63. The van der Waals surface area contributed by atoms with E-state index in [1.165, 1.54) is 30.5 Å². The summed E-state index contributed by atoms with van der Waals surface area (Å²) in [5, 5.41) is 14.4. The van der Waals surface area contributed by atoms with E-state index in [1.807, 2.05) is 19.1 Å². The van der Waals surface area contributed by atoms with Crippen LogP contribution >= 0.6 is 0 Å². The zero-order valence-corrected chi connectivity index (χ0v) is 24.5. The van der Waals surface area contributed by atoms with Gasteiger partial charge in [-0.1, -0.05) is 26.8 Å². The molecule has 0 radical (unpaired) electrons. The molecule has 2 N–H and O–H groups in total. The highest BCUT2D eigenvalue weighted by Gasteiger charge is 2.56. The number of benzene rings is 2. The van der Waals surface area contributed by atoms with E-state index in [0.717, 1.165) is 18.1 Å². The Balaban J connectivity index is 1.21. The summed E-state index contributed by atoms with van der Waals surface area (Å²) in [7, 11) is 1.50. The first-order valence-electron chi connectivity index (χ1n) is 14.6. The van der Waals surface area contributed by atoms with Gasteiger partial charge in [0.2, 0.25) is 0 Å². The number of likely N-dealkylation sites (tertiary alicyclic amines) is 1. The van der Waals surface area contributed by atoms with E-state index in [9.17, 15) is 14.3 Å². The van der Waals surface area contributed by atoms with Crippen molar-refractivity contribution in [2.75, 3.05) is 25.5 Å². The molecule has 3 saturated carbocycles. The van der Waals surface area contributed by atoms with Crippen molar-refractivity contribution in [3.63, 3.8) is 0 Å². The molecule has 2 aromatic carbocycles. The molecule has 4 aliphatic rings. The van der Waals surface area contributed by atoms with Crippen LogP contribution in [0.1, 0.15) is 46.1 Å². The Bertz CT molecular complexity index is 1560. The van der Waals surface area contributed by atoms with Crippen LogP contribution < -0.4 is 15.6 Å². The number of aromatic nitrogens is 2. The molecule has 3 aromatic rings. The molecular formula is C32H40FN5O3. The summed E-state index contributed by atoms with van der Waals surface area (Å²) in [6.07, 6.45) is 4.26. The molecule has 0 unspecified atom stereocenters. The Morgan fingerprint density at radius 2 is 1.98 bits per heavy atom. The van der Waals surface area contributed by atoms with Crippen molar-refractivity contribution in [3.05, 3.63) is 64.5 Å². The predicted molar refractivity (Wildman–Crippen MR) is 159 cm³/mol. The highest BCUT2D eigenvalue weighted by molar-refractivity contribution is 5.96. The number of hydrogen-bond acceptors (Lipinski definition) is 5. The van der Waals surface area contributed by atoms with Gasteiger partial charge in [-0.25, -0.2) is 14.4 Å². The van der Waals surface area contributed by atoms with Crippen LogP contribution in [0.3, 0.4) is 0 Å². The molecule has 41 heavy (non-hydrogen) atoms. The number of aryl methyl sites for hydroxylation is 2. The van der Waals surface area contributed by atoms with Gasteiger partial charge >= 0.3 is 0 Å². The van der Waals surface area contributed by atoms with Crippen LogP contribution in [0.2, 0.25) is 0 Å². The molecule has 4 fully saturated rings. The number of guanidine groups is 1. The van der Waals surface area contributed by atoms with Crippen molar-refractivity contribution >= 4 is 22.5 Å². The van der Waals surface area contributed by atoms with E-state index in [1.54, 1.807) is 18.2 Å². The average Bonchev–Trinajstić information content (AvgIpc) is 2.92. The largest absolute Gasteiger partial charge is 0.497 e. The number of β-amino-alcohol motifs (C(OH)–C–C–N with tert-alkyl or cyclic N) is 1. The van der Waals surface area contributed by atoms with Crippen molar-refractivity contribution in [3.8, 4) is 5.75 Å². The van der Waals surface area contributed by atoms with Crippen molar-refractivity contribution in [1.29, 1.82) is 0 Å². The van der Waals surface area contributed by atoms with Gasteiger partial charge in [0.25, 0.3) is 5.56 Å². The molecule has 2 heterocycles. The molecule has 8 nitrogen and oxygen atoms in total. The number of rotatable bonds is 6. The minimum atomic E-state index is -0.727. The Morgan fingerprint density at radius 3 is 2.63 bits per heavy atom. The second-order valence-corrected chi connectivity index (χ2v) is 13.1. The lowest BCUT2D eigenvalue weighted by atomic mass is 9.45. The molecule has 3 aliphatic carbocycles. The number of aliphatic hydroxyl groups is 1. The van der Waals surface area contributed by atoms with Crippen LogP contribution in [0.15, 0.2) is 52.5 Å². The summed E-state index contributed by atoms with van der Waals surface area (Å²) in [4.78, 5) is 25.1. The second-order valence-electron chi connectivity index (χ2n) is 13.1. The van der Waals surface area contributed by atoms with Crippen molar-refractivity contribution in [2.24, 2.45) is 28.2 Å². The minimum Gasteiger partial charge on any atom is -0.497 e. The number of nitrogens with one attached hydrogen (secondary N) is 1. The highest BCUT2D eigenvalue weighted by atomic mass is 19.1.